The molecule has 1 aromatic heterocycles. The van der Waals surface area contributed by atoms with Crippen LogP contribution < -0.4 is 4.74 Å². The Morgan fingerprint density at radius 1 is 1.05 bits per heavy atom. The van der Waals surface area contributed by atoms with Crippen LogP contribution in [0, 0.1) is 11.3 Å². The van der Waals surface area contributed by atoms with Crippen molar-refractivity contribution in [1.29, 1.82) is 5.26 Å². The van der Waals surface area contributed by atoms with Crippen LogP contribution in [0.15, 0.2) is 90.0 Å². The fraction of sp³-hybridized carbons (Fsp3) is 0.207. The van der Waals surface area contributed by atoms with Gasteiger partial charge in [-0.25, -0.2) is 8.42 Å². The van der Waals surface area contributed by atoms with E-state index >= 15 is 0 Å². The highest BCUT2D eigenvalue weighted by atomic mass is 32.2. The van der Waals surface area contributed by atoms with Crippen molar-refractivity contribution in [2.24, 2.45) is 0 Å². The van der Waals surface area contributed by atoms with E-state index in [2.05, 4.69) is 11.1 Å². The molecule has 2 heterocycles. The van der Waals surface area contributed by atoms with Crippen LogP contribution in [0.3, 0.4) is 0 Å². The number of aromatic nitrogens is 1. The quantitative estimate of drug-likeness (QED) is 0.342. The monoisotopic (exact) mass is 526 g/mol. The second kappa shape index (κ2) is 10.6. The summed E-state index contributed by atoms with van der Waals surface area (Å²) in [5.41, 5.74) is 1.88. The molecule has 8 nitrogen and oxygen atoms in total. The minimum atomic E-state index is -4.07. The Balaban J connectivity index is 1.49. The highest BCUT2D eigenvalue weighted by Crippen LogP contribution is 2.30. The molecule has 9 heteroatoms. The fourth-order valence-corrected chi connectivity index (χ4v) is 6.37. The van der Waals surface area contributed by atoms with E-state index in [-0.39, 0.29) is 17.3 Å². The van der Waals surface area contributed by atoms with Gasteiger partial charge in [0.1, 0.15) is 11.8 Å². The number of amides is 1. The fourth-order valence-electron chi connectivity index (χ4n) is 4.75. The van der Waals surface area contributed by atoms with Crippen molar-refractivity contribution in [2.45, 2.75) is 30.4 Å². The van der Waals surface area contributed by atoms with Crippen LogP contribution in [0.4, 0.5) is 0 Å². The molecule has 5 rings (SSSR count). The van der Waals surface area contributed by atoms with Crippen LogP contribution in [0.1, 0.15) is 23.2 Å². The highest BCUT2D eigenvalue weighted by molar-refractivity contribution is 7.89. The smallest absolute Gasteiger partial charge is 0.244 e. The molecule has 1 atom stereocenters. The highest BCUT2D eigenvalue weighted by Gasteiger charge is 2.42. The van der Waals surface area contributed by atoms with Crippen LogP contribution in [0.25, 0.3) is 10.8 Å². The Bertz CT molecular complexity index is 1630. The predicted octanol–water partition coefficient (Wildman–Crippen LogP) is 4.11. The number of sulfonamides is 1. The first-order valence-electron chi connectivity index (χ1n) is 12.2. The molecule has 4 aromatic rings. The van der Waals surface area contributed by atoms with Gasteiger partial charge in [-0.1, -0.05) is 30.3 Å². The van der Waals surface area contributed by atoms with E-state index in [1.165, 1.54) is 4.31 Å². The maximum absolute atomic E-state index is 14.1. The van der Waals surface area contributed by atoms with Gasteiger partial charge in [0, 0.05) is 19.3 Å². The Kier molecular flexibility index (Phi) is 7.09. The first-order valence-corrected chi connectivity index (χ1v) is 13.6. The van der Waals surface area contributed by atoms with Gasteiger partial charge in [0.05, 0.1) is 35.9 Å². The molecule has 0 aliphatic carbocycles. The number of carbonyl (C=O) groups excluding carboxylic acids is 1. The van der Waals surface area contributed by atoms with Gasteiger partial charge in [-0.15, -0.1) is 0 Å². The lowest BCUT2D eigenvalue weighted by Gasteiger charge is -2.27. The average molecular weight is 527 g/mol. The Morgan fingerprint density at radius 2 is 1.89 bits per heavy atom. The van der Waals surface area contributed by atoms with E-state index in [0.29, 0.717) is 36.5 Å². The number of hydrogen-bond donors (Lipinski definition) is 0. The summed E-state index contributed by atoms with van der Waals surface area (Å²) in [5, 5.41) is 10.8. The van der Waals surface area contributed by atoms with Gasteiger partial charge in [0.15, 0.2) is 0 Å². The summed E-state index contributed by atoms with van der Waals surface area (Å²) in [6.45, 7) is 0.676. The summed E-state index contributed by atoms with van der Waals surface area (Å²) in [6, 6.07) is 24.0. The number of benzene rings is 3. The van der Waals surface area contributed by atoms with Gasteiger partial charge in [-0.2, -0.15) is 9.57 Å². The van der Waals surface area contributed by atoms with E-state index in [9.17, 15) is 18.5 Å². The van der Waals surface area contributed by atoms with E-state index in [1.54, 1.807) is 78.9 Å². The SMILES string of the molecule is COc1ccc2ccc(S(=O)(=O)N(Cc3ccccn3)[C@H]3CCN(Cc4cccc(C#N)c4)C3=O)cc2c1. The van der Waals surface area contributed by atoms with Gasteiger partial charge < -0.3 is 9.64 Å². The van der Waals surface area contributed by atoms with Gasteiger partial charge in [0.25, 0.3) is 0 Å². The normalized spacial score (nSPS) is 15.7. The molecule has 0 bridgehead atoms. The molecule has 3 aromatic carbocycles. The van der Waals surface area contributed by atoms with Crippen molar-refractivity contribution in [2.75, 3.05) is 13.7 Å². The Labute approximate surface area is 221 Å². The van der Waals surface area contributed by atoms with E-state index in [0.717, 1.165) is 16.3 Å². The maximum atomic E-state index is 14.1. The van der Waals surface area contributed by atoms with Crippen LogP contribution in [0.5, 0.6) is 5.75 Å². The number of nitriles is 1. The zero-order valence-electron chi connectivity index (χ0n) is 20.8. The molecular formula is C29H26N4O4S. The molecule has 1 aliphatic rings. The van der Waals surface area contributed by atoms with E-state index < -0.39 is 16.1 Å². The molecular weight excluding hydrogens is 500 g/mol. The number of fused-ring (bicyclic) bond motifs is 1. The first-order chi connectivity index (χ1) is 18.4. The third-order valence-electron chi connectivity index (χ3n) is 6.72. The summed E-state index contributed by atoms with van der Waals surface area (Å²) in [4.78, 5) is 19.7. The number of pyridine rings is 1. The number of carbonyl (C=O) groups is 1. The van der Waals surface area contributed by atoms with Crippen molar-refractivity contribution in [3.05, 3.63) is 102 Å². The lowest BCUT2D eigenvalue weighted by atomic mass is 10.1. The molecule has 1 aliphatic heterocycles. The molecule has 0 radical (unpaired) electrons. The zero-order valence-corrected chi connectivity index (χ0v) is 21.6. The standard InChI is InChI=1S/C29H26N4O4S/c1-37-26-10-8-23-9-11-27(17-24(23)16-26)38(35,36)33(20-25-7-2-3-13-31-25)28-12-14-32(29(28)34)19-22-6-4-5-21(15-22)18-30/h2-11,13,15-17,28H,12,14,19-20H2,1H3/t28-/m0/s1. The molecule has 192 valence electrons. The summed E-state index contributed by atoms with van der Waals surface area (Å²) >= 11 is 0. The minimum Gasteiger partial charge on any atom is -0.497 e. The van der Waals surface area contributed by atoms with Gasteiger partial charge in [-0.05, 0) is 71.3 Å². The molecule has 0 spiro atoms. The number of methoxy groups -OCH3 is 1. The third-order valence-corrected chi connectivity index (χ3v) is 8.57. The lowest BCUT2D eigenvalue weighted by molar-refractivity contribution is -0.131. The van der Waals surface area contributed by atoms with Crippen LogP contribution in [-0.2, 0) is 27.9 Å². The van der Waals surface area contributed by atoms with Gasteiger partial charge >= 0.3 is 0 Å². The van der Waals surface area contributed by atoms with Crippen LogP contribution in [0.2, 0.25) is 0 Å². The number of nitrogens with zero attached hydrogens (tertiary/aromatic N) is 4. The molecule has 1 fully saturated rings. The first kappa shape index (κ1) is 25.4. The number of ether oxygens (including phenoxy) is 1. The summed E-state index contributed by atoms with van der Waals surface area (Å²) in [7, 11) is -2.51. The van der Waals surface area contributed by atoms with E-state index in [4.69, 9.17) is 4.74 Å². The van der Waals surface area contributed by atoms with Gasteiger partial charge in [-0.3, -0.25) is 9.78 Å². The molecule has 1 amide bonds. The largest absolute Gasteiger partial charge is 0.497 e. The van der Waals surface area contributed by atoms with Crippen molar-refractivity contribution >= 4 is 26.7 Å². The Hall–Kier alpha value is -4.26. The molecule has 0 saturated carbocycles. The second-order valence-corrected chi connectivity index (χ2v) is 11.0. The Morgan fingerprint density at radius 3 is 2.66 bits per heavy atom. The summed E-state index contributed by atoms with van der Waals surface area (Å²) < 4.78 is 34.7. The van der Waals surface area contributed by atoms with Crippen molar-refractivity contribution in [3.63, 3.8) is 0 Å². The molecule has 1 saturated heterocycles. The van der Waals surface area contributed by atoms with Crippen molar-refractivity contribution in [1.82, 2.24) is 14.2 Å². The summed E-state index contributed by atoms with van der Waals surface area (Å²) in [5.74, 6) is 0.355. The van der Waals surface area contributed by atoms with Crippen molar-refractivity contribution < 1.29 is 17.9 Å². The topological polar surface area (TPSA) is 104 Å². The zero-order chi connectivity index (χ0) is 26.7. The van der Waals surface area contributed by atoms with Crippen LogP contribution in [-0.4, -0.2) is 48.2 Å². The molecule has 0 N–H and O–H groups in total. The van der Waals surface area contributed by atoms with Gasteiger partial charge in [0.2, 0.25) is 15.9 Å². The second-order valence-electron chi connectivity index (χ2n) is 9.12. The maximum Gasteiger partial charge on any atom is 0.244 e. The average Bonchev–Trinajstić information content (AvgIpc) is 3.30. The summed E-state index contributed by atoms with van der Waals surface area (Å²) in [6.07, 6.45) is 1.96. The predicted molar refractivity (Wildman–Crippen MR) is 142 cm³/mol. The molecule has 0 unspecified atom stereocenters. The van der Waals surface area contributed by atoms with Crippen molar-refractivity contribution in [3.8, 4) is 11.8 Å². The number of likely N-dealkylation sites (tertiary alicyclic amines) is 1. The molecule has 38 heavy (non-hydrogen) atoms. The van der Waals surface area contributed by atoms with E-state index in [1.807, 2.05) is 18.2 Å². The lowest BCUT2D eigenvalue weighted by Crippen LogP contribution is -2.44. The number of rotatable bonds is 8. The number of hydrogen-bond acceptors (Lipinski definition) is 6. The minimum absolute atomic E-state index is 0.0342. The third kappa shape index (κ3) is 5.09. The van der Waals surface area contributed by atoms with Crippen LogP contribution >= 0.6 is 0 Å².